The van der Waals surface area contributed by atoms with Crippen molar-refractivity contribution in [3.05, 3.63) is 39.5 Å². The summed E-state index contributed by atoms with van der Waals surface area (Å²) in [6, 6.07) is 3.86. The molecule has 2 aromatic rings. The zero-order valence-electron chi connectivity index (χ0n) is 10.5. The molecule has 8 nitrogen and oxygen atoms in total. The van der Waals surface area contributed by atoms with Crippen molar-refractivity contribution in [1.82, 2.24) is 4.98 Å². The number of anilines is 2. The van der Waals surface area contributed by atoms with Crippen molar-refractivity contribution in [2.24, 2.45) is 0 Å². The van der Waals surface area contributed by atoms with E-state index in [0.29, 0.717) is 5.02 Å². The molecule has 0 unspecified atom stereocenters. The minimum absolute atomic E-state index is 0.0708. The molecule has 0 amide bonds. The molecule has 112 valence electrons. The third-order valence-corrected chi connectivity index (χ3v) is 5.54. The molecule has 0 spiro atoms. The van der Waals surface area contributed by atoms with Crippen molar-refractivity contribution in [2.75, 3.05) is 17.1 Å². The third-order valence-electron chi connectivity index (χ3n) is 2.34. The highest BCUT2D eigenvalue weighted by Gasteiger charge is 2.26. The molecule has 0 bridgehead atoms. The summed E-state index contributed by atoms with van der Waals surface area (Å²) in [5.41, 5.74) is -0.299. The summed E-state index contributed by atoms with van der Waals surface area (Å²) in [6.45, 7) is 0. The van der Waals surface area contributed by atoms with Crippen molar-refractivity contribution in [3.8, 4) is 0 Å². The lowest BCUT2D eigenvalue weighted by Crippen LogP contribution is -2.12. The molecule has 0 fully saturated rings. The summed E-state index contributed by atoms with van der Waals surface area (Å²) in [6.07, 6.45) is 1.29. The summed E-state index contributed by atoms with van der Waals surface area (Å²) in [4.78, 5) is 14.0. The number of nitro groups is 1. The molecule has 0 aliphatic heterocycles. The highest BCUT2D eigenvalue weighted by Crippen LogP contribution is 2.37. The molecule has 0 aromatic carbocycles. The standard InChI is InChI=1S/C10H9ClN4O4S2/c1-12-10-7(15(16)17)4-9(20-10)21(18,19)14-8-3-2-6(11)5-13-8/h2-5,12H,1H3,(H,13,14). The monoisotopic (exact) mass is 348 g/mol. The Labute approximate surface area is 129 Å². The summed E-state index contributed by atoms with van der Waals surface area (Å²) in [5, 5.41) is 14.0. The van der Waals surface area contributed by atoms with E-state index in [4.69, 9.17) is 11.6 Å². The molecule has 21 heavy (non-hydrogen) atoms. The van der Waals surface area contributed by atoms with Gasteiger partial charge in [0.2, 0.25) is 0 Å². The van der Waals surface area contributed by atoms with E-state index in [1.807, 2.05) is 0 Å². The topological polar surface area (TPSA) is 114 Å². The summed E-state index contributed by atoms with van der Waals surface area (Å²) < 4.78 is 26.4. The van der Waals surface area contributed by atoms with E-state index in [2.05, 4.69) is 15.0 Å². The first kappa shape index (κ1) is 15.5. The summed E-state index contributed by atoms with van der Waals surface area (Å²) in [7, 11) is -2.48. The number of thiophene rings is 1. The van der Waals surface area contributed by atoms with Crippen LogP contribution in [0.4, 0.5) is 16.5 Å². The van der Waals surface area contributed by atoms with E-state index < -0.39 is 14.9 Å². The van der Waals surface area contributed by atoms with E-state index in [9.17, 15) is 18.5 Å². The van der Waals surface area contributed by atoms with E-state index in [0.717, 1.165) is 17.4 Å². The smallest absolute Gasteiger partial charge is 0.304 e. The number of hydrogen-bond donors (Lipinski definition) is 2. The second-order valence-electron chi connectivity index (χ2n) is 3.75. The van der Waals surface area contributed by atoms with Gasteiger partial charge in [-0.3, -0.25) is 14.8 Å². The van der Waals surface area contributed by atoms with Crippen molar-refractivity contribution >= 4 is 49.5 Å². The average molecular weight is 349 g/mol. The van der Waals surface area contributed by atoms with Gasteiger partial charge in [-0.1, -0.05) is 22.9 Å². The molecule has 2 aromatic heterocycles. The number of sulfonamides is 1. The van der Waals surface area contributed by atoms with Gasteiger partial charge in [0.15, 0.2) is 5.00 Å². The first-order chi connectivity index (χ1) is 9.83. The van der Waals surface area contributed by atoms with Gasteiger partial charge in [-0.05, 0) is 12.1 Å². The normalized spacial score (nSPS) is 11.1. The van der Waals surface area contributed by atoms with Crippen molar-refractivity contribution < 1.29 is 13.3 Å². The molecule has 2 N–H and O–H groups in total. The molecule has 0 saturated carbocycles. The molecule has 0 radical (unpaired) electrons. The van der Waals surface area contributed by atoms with Crippen LogP contribution in [0.1, 0.15) is 0 Å². The minimum atomic E-state index is -3.95. The van der Waals surface area contributed by atoms with Crippen LogP contribution < -0.4 is 10.0 Å². The molecule has 0 aliphatic rings. The predicted octanol–water partition coefficient (Wildman–Crippen LogP) is 2.55. The molecule has 2 heterocycles. The van der Waals surface area contributed by atoms with Crippen LogP contribution in [0, 0.1) is 10.1 Å². The third kappa shape index (κ3) is 3.40. The van der Waals surface area contributed by atoms with Gasteiger partial charge in [-0.25, -0.2) is 13.4 Å². The van der Waals surface area contributed by atoms with Gasteiger partial charge in [0, 0.05) is 19.3 Å². The van der Waals surface area contributed by atoms with Gasteiger partial charge in [0.05, 0.1) is 9.95 Å². The molecular weight excluding hydrogens is 340 g/mol. The molecule has 0 saturated heterocycles. The van der Waals surface area contributed by atoms with E-state index in [-0.39, 0.29) is 20.7 Å². The Balaban J connectivity index is 2.35. The van der Waals surface area contributed by atoms with Crippen LogP contribution in [-0.2, 0) is 10.0 Å². The van der Waals surface area contributed by atoms with Gasteiger partial charge in [0.25, 0.3) is 10.0 Å². The number of halogens is 1. The van der Waals surface area contributed by atoms with Crippen LogP contribution in [-0.4, -0.2) is 25.4 Å². The number of hydrogen-bond acceptors (Lipinski definition) is 7. The molecule has 2 rings (SSSR count). The second-order valence-corrected chi connectivity index (χ2v) is 7.15. The number of pyridine rings is 1. The van der Waals surface area contributed by atoms with Gasteiger partial charge < -0.3 is 5.32 Å². The average Bonchev–Trinajstić information content (AvgIpc) is 2.86. The van der Waals surface area contributed by atoms with Crippen LogP contribution >= 0.6 is 22.9 Å². The van der Waals surface area contributed by atoms with Gasteiger partial charge >= 0.3 is 5.69 Å². The quantitative estimate of drug-likeness (QED) is 0.634. The van der Waals surface area contributed by atoms with Crippen LogP contribution in [0.5, 0.6) is 0 Å². The predicted molar refractivity (Wildman–Crippen MR) is 80.6 cm³/mol. The number of nitrogens with one attached hydrogen (secondary N) is 2. The van der Waals surface area contributed by atoms with E-state index >= 15 is 0 Å². The van der Waals surface area contributed by atoms with Gasteiger partial charge in [-0.15, -0.1) is 0 Å². The molecule has 0 atom stereocenters. The molecular formula is C10H9ClN4O4S2. The maximum absolute atomic E-state index is 12.2. The lowest BCUT2D eigenvalue weighted by atomic mass is 10.5. The fourth-order valence-corrected chi connectivity index (χ4v) is 3.83. The zero-order valence-corrected chi connectivity index (χ0v) is 12.9. The van der Waals surface area contributed by atoms with E-state index in [1.165, 1.54) is 25.4 Å². The minimum Gasteiger partial charge on any atom is -0.374 e. The zero-order chi connectivity index (χ0) is 15.6. The highest BCUT2D eigenvalue weighted by molar-refractivity contribution is 7.94. The largest absolute Gasteiger partial charge is 0.374 e. The van der Waals surface area contributed by atoms with Gasteiger partial charge in [0.1, 0.15) is 10.0 Å². The molecule has 11 heteroatoms. The Morgan fingerprint density at radius 3 is 2.62 bits per heavy atom. The van der Waals surface area contributed by atoms with Crippen LogP contribution in [0.25, 0.3) is 0 Å². The summed E-state index contributed by atoms with van der Waals surface area (Å²) >= 11 is 6.42. The fourth-order valence-electron chi connectivity index (χ4n) is 1.43. The Kier molecular flexibility index (Phi) is 4.30. The first-order valence-corrected chi connectivity index (χ1v) is 8.11. The second kappa shape index (κ2) is 5.84. The first-order valence-electron chi connectivity index (χ1n) is 5.44. The van der Waals surface area contributed by atoms with Gasteiger partial charge in [-0.2, -0.15) is 0 Å². The van der Waals surface area contributed by atoms with Crippen LogP contribution in [0.3, 0.4) is 0 Å². The lowest BCUT2D eigenvalue weighted by molar-refractivity contribution is -0.383. The highest BCUT2D eigenvalue weighted by atomic mass is 35.5. The maximum atomic E-state index is 12.2. The lowest BCUT2D eigenvalue weighted by Gasteiger charge is -2.04. The van der Waals surface area contributed by atoms with Crippen molar-refractivity contribution in [3.63, 3.8) is 0 Å². The number of nitrogens with zero attached hydrogens (tertiary/aromatic N) is 2. The fraction of sp³-hybridized carbons (Fsp3) is 0.100. The maximum Gasteiger partial charge on any atom is 0.304 e. The van der Waals surface area contributed by atoms with Crippen LogP contribution in [0.15, 0.2) is 28.6 Å². The van der Waals surface area contributed by atoms with Crippen molar-refractivity contribution in [2.45, 2.75) is 4.21 Å². The Morgan fingerprint density at radius 2 is 2.14 bits per heavy atom. The van der Waals surface area contributed by atoms with Crippen LogP contribution in [0.2, 0.25) is 5.02 Å². The SMILES string of the molecule is CNc1sc(S(=O)(=O)Nc2ccc(Cl)cn2)cc1[N+](=O)[O-]. The summed E-state index contributed by atoms with van der Waals surface area (Å²) in [5.74, 6) is 0.0708. The van der Waals surface area contributed by atoms with Crippen molar-refractivity contribution in [1.29, 1.82) is 0 Å². The number of rotatable bonds is 5. The molecule has 0 aliphatic carbocycles. The Hall–Kier alpha value is -1.91. The Bertz CT molecular complexity index is 773. The number of aromatic nitrogens is 1. The van der Waals surface area contributed by atoms with E-state index in [1.54, 1.807) is 0 Å². The Morgan fingerprint density at radius 1 is 1.43 bits per heavy atom.